The fourth-order valence-electron chi connectivity index (χ4n) is 2.68. The van der Waals surface area contributed by atoms with Gasteiger partial charge in [-0.25, -0.2) is 4.99 Å². The zero-order valence-electron chi connectivity index (χ0n) is 12.9. The predicted octanol–water partition coefficient (Wildman–Crippen LogP) is 2.38. The number of aliphatic carboxylic acids is 1. The Morgan fingerprint density at radius 3 is 2.79 bits per heavy atom. The molecule has 0 amide bonds. The standard InChI is InChI=1S/C18H16N2O3S/c19-9-15-14-3-1-2-4-16(14)24-18(15)20-10-12-5-7-13(8-6-12)23-11-17(21)22/h5-8,10H,1-4,11H2,(H,21,22)/p-1. The Morgan fingerprint density at radius 1 is 1.33 bits per heavy atom. The first-order valence-corrected chi connectivity index (χ1v) is 8.50. The smallest absolute Gasteiger partial charge is 0.134 e. The van der Waals surface area contributed by atoms with Gasteiger partial charge >= 0.3 is 0 Å². The molecule has 1 aliphatic rings. The normalized spacial score (nSPS) is 13.5. The molecule has 0 atom stereocenters. The number of hydrogen-bond acceptors (Lipinski definition) is 6. The summed E-state index contributed by atoms with van der Waals surface area (Å²) in [5.41, 5.74) is 2.73. The average Bonchev–Trinajstić information content (AvgIpc) is 2.96. The van der Waals surface area contributed by atoms with E-state index in [1.807, 2.05) is 0 Å². The van der Waals surface area contributed by atoms with E-state index in [-0.39, 0.29) is 0 Å². The number of benzene rings is 1. The Bertz CT molecular complexity index is 816. The number of nitrogens with zero attached hydrogens (tertiary/aromatic N) is 2. The molecule has 5 nitrogen and oxygen atoms in total. The molecule has 1 aromatic heterocycles. The molecule has 1 heterocycles. The van der Waals surface area contributed by atoms with Crippen LogP contribution in [0.1, 0.15) is 34.4 Å². The molecule has 0 radical (unpaired) electrons. The highest BCUT2D eigenvalue weighted by Crippen LogP contribution is 2.39. The number of thiophene rings is 1. The third-order valence-corrected chi connectivity index (χ3v) is 5.03. The Kier molecular flexibility index (Phi) is 4.92. The van der Waals surface area contributed by atoms with Crippen molar-refractivity contribution in [1.82, 2.24) is 0 Å². The molecule has 6 heteroatoms. The monoisotopic (exact) mass is 339 g/mol. The number of aryl methyl sites for hydroxylation is 1. The molecule has 0 bridgehead atoms. The largest absolute Gasteiger partial charge is 0.546 e. The van der Waals surface area contributed by atoms with Gasteiger partial charge in [0.1, 0.15) is 23.4 Å². The molecule has 0 aliphatic heterocycles. The maximum absolute atomic E-state index is 10.4. The summed E-state index contributed by atoms with van der Waals surface area (Å²) in [5.74, 6) is -0.799. The van der Waals surface area contributed by atoms with Gasteiger partial charge in [0.05, 0.1) is 11.5 Å². The van der Waals surface area contributed by atoms with E-state index in [9.17, 15) is 15.2 Å². The van der Waals surface area contributed by atoms with Gasteiger partial charge in [0.15, 0.2) is 0 Å². The van der Waals surface area contributed by atoms with Crippen LogP contribution in [0.5, 0.6) is 5.75 Å². The van der Waals surface area contributed by atoms with Crippen LogP contribution < -0.4 is 9.84 Å². The zero-order valence-corrected chi connectivity index (χ0v) is 13.8. The number of carboxylic acid groups (broad SMARTS) is 1. The number of carbonyl (C=O) groups is 1. The zero-order chi connectivity index (χ0) is 16.9. The lowest BCUT2D eigenvalue weighted by Gasteiger charge is -2.09. The number of fused-ring (bicyclic) bond motifs is 1. The third-order valence-electron chi connectivity index (χ3n) is 3.83. The fraction of sp³-hybridized carbons (Fsp3) is 0.278. The number of carbonyl (C=O) groups excluding carboxylic acids is 1. The Morgan fingerprint density at radius 2 is 2.08 bits per heavy atom. The third kappa shape index (κ3) is 3.63. The van der Waals surface area contributed by atoms with Crippen LogP contribution in [0.4, 0.5) is 5.00 Å². The second kappa shape index (κ2) is 7.28. The molecule has 24 heavy (non-hydrogen) atoms. The van der Waals surface area contributed by atoms with E-state index in [1.54, 1.807) is 41.8 Å². The quantitative estimate of drug-likeness (QED) is 0.783. The Labute approximate surface area is 143 Å². The second-order valence-corrected chi connectivity index (χ2v) is 6.57. The summed E-state index contributed by atoms with van der Waals surface area (Å²) in [6.45, 7) is -0.473. The van der Waals surface area contributed by atoms with Crippen LogP contribution in [0.3, 0.4) is 0 Å². The van der Waals surface area contributed by atoms with E-state index >= 15 is 0 Å². The molecular formula is C18H15N2O3S-. The van der Waals surface area contributed by atoms with Gasteiger partial charge in [0, 0.05) is 11.1 Å². The van der Waals surface area contributed by atoms with Gasteiger partial charge in [-0.2, -0.15) is 5.26 Å². The maximum atomic E-state index is 10.4. The lowest BCUT2D eigenvalue weighted by atomic mass is 9.96. The lowest BCUT2D eigenvalue weighted by molar-refractivity contribution is -0.307. The highest BCUT2D eigenvalue weighted by Gasteiger charge is 2.19. The summed E-state index contributed by atoms with van der Waals surface area (Å²) in [7, 11) is 0. The van der Waals surface area contributed by atoms with Crippen LogP contribution in [-0.4, -0.2) is 18.8 Å². The Hall–Kier alpha value is -2.65. The molecule has 0 fully saturated rings. The highest BCUT2D eigenvalue weighted by molar-refractivity contribution is 7.16. The van der Waals surface area contributed by atoms with Crippen molar-refractivity contribution in [2.45, 2.75) is 25.7 Å². The number of carboxylic acids is 1. The van der Waals surface area contributed by atoms with Gasteiger partial charge in [0.2, 0.25) is 0 Å². The minimum atomic E-state index is -1.26. The van der Waals surface area contributed by atoms with E-state index < -0.39 is 12.6 Å². The second-order valence-electron chi connectivity index (χ2n) is 5.49. The number of ether oxygens (including phenoxy) is 1. The van der Waals surface area contributed by atoms with Crippen molar-refractivity contribution in [2.75, 3.05) is 6.61 Å². The number of rotatable bonds is 5. The minimum Gasteiger partial charge on any atom is -0.546 e. The maximum Gasteiger partial charge on any atom is 0.134 e. The number of hydrogen-bond donors (Lipinski definition) is 0. The molecule has 1 aromatic carbocycles. The molecular weight excluding hydrogens is 324 g/mol. The van der Waals surface area contributed by atoms with E-state index in [0.29, 0.717) is 11.3 Å². The molecule has 0 spiro atoms. The van der Waals surface area contributed by atoms with Crippen molar-refractivity contribution >= 4 is 28.5 Å². The molecule has 2 aromatic rings. The van der Waals surface area contributed by atoms with E-state index in [4.69, 9.17) is 4.74 Å². The van der Waals surface area contributed by atoms with Gasteiger partial charge in [-0.05, 0) is 61.1 Å². The van der Waals surface area contributed by atoms with Gasteiger partial charge in [-0.3, -0.25) is 0 Å². The molecule has 3 rings (SSSR count). The molecule has 0 saturated carbocycles. The molecule has 0 saturated heterocycles. The van der Waals surface area contributed by atoms with Gasteiger partial charge in [-0.15, -0.1) is 11.3 Å². The van der Waals surface area contributed by atoms with Crippen LogP contribution in [0.25, 0.3) is 0 Å². The van der Waals surface area contributed by atoms with E-state index in [2.05, 4.69) is 11.1 Å². The molecule has 122 valence electrons. The van der Waals surface area contributed by atoms with Crippen LogP contribution >= 0.6 is 11.3 Å². The van der Waals surface area contributed by atoms with Crippen molar-refractivity contribution in [2.24, 2.45) is 4.99 Å². The number of aliphatic imine (C=N–C) groups is 1. The van der Waals surface area contributed by atoms with Crippen molar-refractivity contribution in [1.29, 1.82) is 5.26 Å². The average molecular weight is 339 g/mol. The van der Waals surface area contributed by atoms with Crippen molar-refractivity contribution in [3.05, 3.63) is 45.8 Å². The SMILES string of the molecule is N#Cc1c(N=Cc2ccc(OCC(=O)[O-])cc2)sc2c1CCCC2. The van der Waals surface area contributed by atoms with Crippen LogP contribution in [0.15, 0.2) is 29.3 Å². The molecule has 1 aliphatic carbocycles. The first-order valence-electron chi connectivity index (χ1n) is 7.69. The minimum absolute atomic E-state index is 0.459. The van der Waals surface area contributed by atoms with Crippen molar-refractivity contribution < 1.29 is 14.6 Å². The van der Waals surface area contributed by atoms with Crippen LogP contribution in [0, 0.1) is 11.3 Å². The lowest BCUT2D eigenvalue weighted by Crippen LogP contribution is -2.28. The van der Waals surface area contributed by atoms with Crippen LogP contribution in [0.2, 0.25) is 0 Å². The van der Waals surface area contributed by atoms with Crippen molar-refractivity contribution in [3.8, 4) is 11.8 Å². The van der Waals surface area contributed by atoms with Crippen molar-refractivity contribution in [3.63, 3.8) is 0 Å². The van der Waals surface area contributed by atoms with Crippen LogP contribution in [-0.2, 0) is 17.6 Å². The first-order chi connectivity index (χ1) is 11.7. The fourth-order valence-corrected chi connectivity index (χ4v) is 3.87. The summed E-state index contributed by atoms with van der Waals surface area (Å²) < 4.78 is 5.03. The van der Waals surface area contributed by atoms with E-state index in [0.717, 1.165) is 29.8 Å². The predicted molar refractivity (Wildman–Crippen MR) is 89.9 cm³/mol. The summed E-state index contributed by atoms with van der Waals surface area (Å²) >= 11 is 1.60. The first kappa shape index (κ1) is 16.2. The summed E-state index contributed by atoms with van der Waals surface area (Å²) in [5, 5.41) is 20.5. The van der Waals surface area contributed by atoms with E-state index in [1.165, 1.54) is 16.9 Å². The van der Waals surface area contributed by atoms with Gasteiger partial charge in [0.25, 0.3) is 0 Å². The topological polar surface area (TPSA) is 85.5 Å². The molecule has 0 N–H and O–H groups in total. The highest BCUT2D eigenvalue weighted by atomic mass is 32.1. The summed E-state index contributed by atoms with van der Waals surface area (Å²) in [6, 6.07) is 9.21. The van der Waals surface area contributed by atoms with Gasteiger partial charge < -0.3 is 14.6 Å². The van der Waals surface area contributed by atoms with Gasteiger partial charge in [-0.1, -0.05) is 0 Å². The summed E-state index contributed by atoms with van der Waals surface area (Å²) in [4.78, 5) is 16.1. The molecule has 0 unspecified atom stereocenters. The Balaban J connectivity index is 1.75. The number of nitriles is 1. The summed E-state index contributed by atoms with van der Waals surface area (Å²) in [6.07, 6.45) is 6.02.